The van der Waals surface area contributed by atoms with Crippen LogP contribution in [0.1, 0.15) is 27.2 Å². The lowest BCUT2D eigenvalue weighted by molar-refractivity contribution is 0.101. The lowest BCUT2D eigenvalue weighted by atomic mass is 10.1. The van der Waals surface area contributed by atoms with Gasteiger partial charge in [0.1, 0.15) is 18.1 Å². The van der Waals surface area contributed by atoms with Crippen molar-refractivity contribution in [3.8, 4) is 5.75 Å². The zero-order valence-corrected chi connectivity index (χ0v) is 16.0. The Morgan fingerprint density at radius 2 is 1.75 bits per heavy atom. The van der Waals surface area contributed by atoms with Crippen molar-refractivity contribution in [3.63, 3.8) is 0 Å². The molecule has 1 aromatic heterocycles. The number of nitrogens with zero attached hydrogens (tertiary/aromatic N) is 1. The molecule has 0 fully saturated rings. The topological polar surface area (TPSA) is 60.3 Å². The predicted molar refractivity (Wildman–Crippen MR) is 106 cm³/mol. The first kappa shape index (κ1) is 19.4. The molecule has 0 aliphatic carbocycles. The number of hydrogen-bond acceptors (Lipinski definition) is 3. The first-order valence-corrected chi connectivity index (χ1v) is 8.80. The van der Waals surface area contributed by atoms with Gasteiger partial charge in [0, 0.05) is 18.8 Å². The molecule has 0 radical (unpaired) electrons. The summed E-state index contributed by atoms with van der Waals surface area (Å²) in [5.74, 6) is -0.587. The normalized spacial score (nSPS) is 10.6. The highest BCUT2D eigenvalue weighted by Gasteiger charge is 2.15. The van der Waals surface area contributed by atoms with Gasteiger partial charge in [-0.05, 0) is 42.7 Å². The Kier molecular flexibility index (Phi) is 5.59. The van der Waals surface area contributed by atoms with E-state index in [0.717, 1.165) is 22.4 Å². The van der Waals surface area contributed by atoms with Crippen molar-refractivity contribution in [2.75, 3.05) is 5.32 Å². The van der Waals surface area contributed by atoms with E-state index in [1.54, 1.807) is 23.7 Å². The van der Waals surface area contributed by atoms with Crippen LogP contribution in [0, 0.1) is 19.7 Å². The number of rotatable bonds is 5. The Hall–Kier alpha value is -3.41. The van der Waals surface area contributed by atoms with Crippen LogP contribution in [0.25, 0.3) is 0 Å². The molecule has 0 aliphatic heterocycles. The van der Waals surface area contributed by atoms with Crippen LogP contribution in [0.4, 0.5) is 10.1 Å². The molecule has 144 valence electrons. The Balaban J connectivity index is 1.78. The van der Waals surface area contributed by atoms with Crippen molar-refractivity contribution in [2.45, 2.75) is 20.5 Å². The van der Waals surface area contributed by atoms with Crippen molar-refractivity contribution < 1.29 is 13.9 Å². The fourth-order valence-electron chi connectivity index (χ4n) is 2.87. The van der Waals surface area contributed by atoms with E-state index in [0.29, 0.717) is 0 Å². The summed E-state index contributed by atoms with van der Waals surface area (Å²) >= 11 is 0. The van der Waals surface area contributed by atoms with E-state index in [2.05, 4.69) is 5.32 Å². The number of hydrogen-bond donors (Lipinski definition) is 1. The molecule has 3 rings (SSSR count). The van der Waals surface area contributed by atoms with Crippen LogP contribution in [0.5, 0.6) is 5.75 Å². The van der Waals surface area contributed by atoms with E-state index in [9.17, 15) is 14.0 Å². The van der Waals surface area contributed by atoms with Gasteiger partial charge in [-0.2, -0.15) is 0 Å². The van der Waals surface area contributed by atoms with Gasteiger partial charge in [-0.3, -0.25) is 9.59 Å². The smallest absolute Gasteiger partial charge is 0.272 e. The van der Waals surface area contributed by atoms with Crippen LogP contribution in [0.2, 0.25) is 0 Å². The molecule has 0 saturated carbocycles. The first-order chi connectivity index (χ1) is 13.3. The van der Waals surface area contributed by atoms with Crippen LogP contribution < -0.4 is 15.5 Å². The highest BCUT2D eigenvalue weighted by atomic mass is 19.1. The average molecular weight is 380 g/mol. The molecule has 1 heterocycles. The van der Waals surface area contributed by atoms with Gasteiger partial charge in [0.25, 0.3) is 5.91 Å². The number of carbonyl (C=O) groups is 1. The summed E-state index contributed by atoms with van der Waals surface area (Å²) in [6, 6.07) is 12.8. The number of aromatic nitrogens is 1. The monoisotopic (exact) mass is 380 g/mol. The number of benzene rings is 2. The standard InChI is InChI=1S/C22H21FN2O3/c1-14-5-4-6-15(2)21(14)24-22(27)18-11-19(26)20(12-25(18)3)28-13-16-7-9-17(23)10-8-16/h4-12H,13H2,1-3H3,(H,24,27). The molecule has 6 heteroatoms. The Bertz CT molecular complexity index is 1050. The second-order valence-corrected chi connectivity index (χ2v) is 6.63. The Morgan fingerprint density at radius 1 is 1.11 bits per heavy atom. The van der Waals surface area contributed by atoms with Crippen molar-refractivity contribution in [2.24, 2.45) is 7.05 Å². The molecule has 0 aliphatic rings. The number of halogens is 1. The minimum atomic E-state index is -0.396. The number of pyridine rings is 1. The van der Waals surface area contributed by atoms with Gasteiger partial charge in [0.05, 0.1) is 6.20 Å². The molecule has 1 amide bonds. The van der Waals surface area contributed by atoms with Gasteiger partial charge in [0.15, 0.2) is 5.75 Å². The molecule has 0 atom stereocenters. The van der Waals surface area contributed by atoms with Crippen molar-refractivity contribution in [1.82, 2.24) is 4.57 Å². The molecule has 0 unspecified atom stereocenters. The van der Waals surface area contributed by atoms with Crippen LogP contribution in [0.3, 0.4) is 0 Å². The molecule has 0 saturated heterocycles. The summed E-state index contributed by atoms with van der Waals surface area (Å²) in [6.45, 7) is 3.95. The highest BCUT2D eigenvalue weighted by Crippen LogP contribution is 2.20. The van der Waals surface area contributed by atoms with E-state index in [-0.39, 0.29) is 29.8 Å². The number of para-hydroxylation sites is 1. The van der Waals surface area contributed by atoms with Gasteiger partial charge in [0.2, 0.25) is 5.43 Å². The van der Waals surface area contributed by atoms with Gasteiger partial charge in [-0.15, -0.1) is 0 Å². The largest absolute Gasteiger partial charge is 0.483 e. The second-order valence-electron chi connectivity index (χ2n) is 6.63. The lowest BCUT2D eigenvalue weighted by Gasteiger charge is -2.14. The predicted octanol–water partition coefficient (Wildman–Crippen LogP) is 3.97. The van der Waals surface area contributed by atoms with Crippen molar-refractivity contribution >= 4 is 11.6 Å². The molecule has 0 bridgehead atoms. The molecule has 3 aromatic rings. The molecule has 2 aromatic carbocycles. The fraction of sp³-hybridized carbons (Fsp3) is 0.182. The van der Waals surface area contributed by atoms with Crippen LogP contribution in [-0.4, -0.2) is 10.5 Å². The number of anilines is 1. The summed E-state index contributed by atoms with van der Waals surface area (Å²) in [4.78, 5) is 25.0. The summed E-state index contributed by atoms with van der Waals surface area (Å²) in [5.41, 5.74) is 3.18. The third-order valence-corrected chi connectivity index (χ3v) is 4.46. The van der Waals surface area contributed by atoms with Gasteiger partial charge < -0.3 is 14.6 Å². The number of aryl methyl sites for hydroxylation is 3. The van der Waals surface area contributed by atoms with E-state index in [1.165, 1.54) is 24.4 Å². The van der Waals surface area contributed by atoms with Crippen LogP contribution in [0.15, 0.2) is 59.5 Å². The van der Waals surface area contributed by atoms with Gasteiger partial charge >= 0.3 is 0 Å². The maximum atomic E-state index is 13.0. The number of amides is 1. The Labute approximate surface area is 162 Å². The minimum Gasteiger partial charge on any atom is -0.483 e. The average Bonchev–Trinajstić information content (AvgIpc) is 2.66. The maximum absolute atomic E-state index is 13.0. The van der Waals surface area contributed by atoms with Gasteiger partial charge in [-0.25, -0.2) is 4.39 Å². The first-order valence-electron chi connectivity index (χ1n) is 8.80. The highest BCUT2D eigenvalue weighted by molar-refractivity contribution is 6.03. The maximum Gasteiger partial charge on any atom is 0.272 e. The quantitative estimate of drug-likeness (QED) is 0.729. The third kappa shape index (κ3) is 4.28. The second kappa shape index (κ2) is 8.08. The minimum absolute atomic E-state index is 0.121. The van der Waals surface area contributed by atoms with E-state index >= 15 is 0 Å². The van der Waals surface area contributed by atoms with Crippen molar-refractivity contribution in [3.05, 3.63) is 93.2 Å². The Morgan fingerprint density at radius 3 is 2.39 bits per heavy atom. The lowest BCUT2D eigenvalue weighted by Crippen LogP contribution is -2.22. The molecular weight excluding hydrogens is 359 g/mol. The molecule has 28 heavy (non-hydrogen) atoms. The van der Waals surface area contributed by atoms with Crippen molar-refractivity contribution in [1.29, 1.82) is 0 Å². The fourth-order valence-corrected chi connectivity index (χ4v) is 2.87. The van der Waals surface area contributed by atoms with E-state index in [1.807, 2.05) is 32.0 Å². The number of ether oxygens (including phenoxy) is 1. The molecular formula is C22H21FN2O3. The molecule has 0 spiro atoms. The SMILES string of the molecule is Cc1cccc(C)c1NC(=O)c1cc(=O)c(OCc2ccc(F)cc2)cn1C. The number of carbonyl (C=O) groups excluding carboxylic acids is 1. The summed E-state index contributed by atoms with van der Waals surface area (Å²) in [5, 5.41) is 2.87. The van der Waals surface area contributed by atoms with Gasteiger partial charge in [-0.1, -0.05) is 30.3 Å². The van der Waals surface area contributed by atoms with E-state index < -0.39 is 5.43 Å². The van der Waals surface area contributed by atoms with E-state index in [4.69, 9.17) is 4.74 Å². The summed E-state index contributed by atoms with van der Waals surface area (Å²) < 4.78 is 20.1. The summed E-state index contributed by atoms with van der Waals surface area (Å²) in [7, 11) is 1.67. The third-order valence-electron chi connectivity index (χ3n) is 4.46. The zero-order valence-electron chi connectivity index (χ0n) is 16.0. The van der Waals surface area contributed by atoms with Crippen LogP contribution in [-0.2, 0) is 13.7 Å². The molecule has 5 nitrogen and oxygen atoms in total. The summed E-state index contributed by atoms with van der Waals surface area (Å²) in [6.07, 6.45) is 1.48. The number of nitrogens with one attached hydrogen (secondary N) is 1. The zero-order chi connectivity index (χ0) is 20.3. The van der Waals surface area contributed by atoms with Crippen LogP contribution >= 0.6 is 0 Å². The molecule has 1 N–H and O–H groups in total.